The van der Waals surface area contributed by atoms with Gasteiger partial charge in [-0.25, -0.2) is 4.79 Å². The highest BCUT2D eigenvalue weighted by molar-refractivity contribution is 5.95. The van der Waals surface area contributed by atoms with Gasteiger partial charge < -0.3 is 10.0 Å². The van der Waals surface area contributed by atoms with Crippen LogP contribution in [0.25, 0.3) is 0 Å². The highest BCUT2D eigenvalue weighted by atomic mass is 16.4. The summed E-state index contributed by atoms with van der Waals surface area (Å²) in [6.07, 6.45) is 0. The van der Waals surface area contributed by atoms with E-state index in [0.29, 0.717) is 6.54 Å². The lowest BCUT2D eigenvalue weighted by Gasteiger charge is -2.06. The molecule has 0 aliphatic rings. The summed E-state index contributed by atoms with van der Waals surface area (Å²) in [5.74, 6) is -1.38. The second-order valence-electron chi connectivity index (χ2n) is 3.24. The Bertz CT molecular complexity index is 395. The van der Waals surface area contributed by atoms with E-state index in [1.807, 2.05) is 0 Å². The molecule has 0 bridgehead atoms. The fourth-order valence-electron chi connectivity index (χ4n) is 1.16. The van der Waals surface area contributed by atoms with Crippen LogP contribution in [0.2, 0.25) is 0 Å². The van der Waals surface area contributed by atoms with Crippen LogP contribution in [0.15, 0.2) is 6.07 Å². The molecule has 1 aromatic heterocycles. The zero-order valence-electron chi connectivity index (χ0n) is 8.89. The molecule has 0 aromatic carbocycles. The molecule has 0 unspecified atom stereocenters. The Morgan fingerprint density at radius 1 is 1.53 bits per heavy atom. The molecule has 0 spiro atoms. The molecule has 0 saturated carbocycles. The molecule has 1 amide bonds. The number of nitrogens with zero attached hydrogens (tertiary/aromatic N) is 3. The van der Waals surface area contributed by atoms with Crippen LogP contribution in [-0.2, 0) is 6.54 Å². The number of carbonyl (C=O) groups excluding carboxylic acids is 1. The van der Waals surface area contributed by atoms with Crippen LogP contribution >= 0.6 is 0 Å². The first-order valence-corrected chi connectivity index (χ1v) is 4.50. The normalized spacial score (nSPS) is 10.1. The smallest absolute Gasteiger partial charge is 0.354 e. The van der Waals surface area contributed by atoms with E-state index in [0.717, 1.165) is 0 Å². The van der Waals surface area contributed by atoms with Gasteiger partial charge in [-0.1, -0.05) is 0 Å². The third-order valence-electron chi connectivity index (χ3n) is 1.92. The molecular weight excluding hydrogens is 198 g/mol. The van der Waals surface area contributed by atoms with Gasteiger partial charge in [0.25, 0.3) is 5.91 Å². The minimum atomic E-state index is -1.08. The largest absolute Gasteiger partial charge is 0.477 e. The number of aromatic nitrogens is 2. The molecule has 1 rings (SSSR count). The van der Waals surface area contributed by atoms with Crippen molar-refractivity contribution in [3.8, 4) is 0 Å². The van der Waals surface area contributed by atoms with Crippen LogP contribution in [-0.4, -0.2) is 45.8 Å². The first kappa shape index (κ1) is 11.2. The molecule has 82 valence electrons. The monoisotopic (exact) mass is 211 g/mol. The van der Waals surface area contributed by atoms with Gasteiger partial charge in [0.1, 0.15) is 5.69 Å². The van der Waals surface area contributed by atoms with Crippen molar-refractivity contribution in [3.05, 3.63) is 17.5 Å². The summed E-state index contributed by atoms with van der Waals surface area (Å²) in [7, 11) is 3.18. The van der Waals surface area contributed by atoms with Crippen molar-refractivity contribution in [1.82, 2.24) is 14.7 Å². The van der Waals surface area contributed by atoms with Crippen molar-refractivity contribution in [2.24, 2.45) is 0 Å². The molecule has 6 nitrogen and oxygen atoms in total. The van der Waals surface area contributed by atoms with Gasteiger partial charge in [0.15, 0.2) is 5.69 Å². The first-order chi connectivity index (χ1) is 6.97. The maximum absolute atomic E-state index is 11.5. The van der Waals surface area contributed by atoms with E-state index < -0.39 is 5.97 Å². The third-order valence-corrected chi connectivity index (χ3v) is 1.92. The quantitative estimate of drug-likeness (QED) is 0.780. The van der Waals surface area contributed by atoms with Crippen LogP contribution in [0, 0.1) is 0 Å². The molecule has 6 heteroatoms. The van der Waals surface area contributed by atoms with E-state index in [2.05, 4.69) is 5.10 Å². The zero-order valence-corrected chi connectivity index (χ0v) is 8.89. The van der Waals surface area contributed by atoms with Crippen molar-refractivity contribution in [3.63, 3.8) is 0 Å². The molecule has 1 N–H and O–H groups in total. The average molecular weight is 211 g/mol. The van der Waals surface area contributed by atoms with Gasteiger partial charge in [0, 0.05) is 26.7 Å². The predicted octanol–water partition coefficient (Wildman–Crippen LogP) is 0.303. The van der Waals surface area contributed by atoms with E-state index in [1.165, 1.54) is 15.6 Å². The van der Waals surface area contributed by atoms with Crippen molar-refractivity contribution in [2.75, 3.05) is 14.1 Å². The topological polar surface area (TPSA) is 75.4 Å². The summed E-state index contributed by atoms with van der Waals surface area (Å²) in [5, 5.41) is 12.8. The maximum Gasteiger partial charge on any atom is 0.354 e. The summed E-state index contributed by atoms with van der Waals surface area (Å²) < 4.78 is 1.29. The van der Waals surface area contributed by atoms with E-state index >= 15 is 0 Å². The molecular formula is C9H13N3O3. The summed E-state index contributed by atoms with van der Waals surface area (Å²) in [5.41, 5.74) is 0.182. The van der Waals surface area contributed by atoms with Crippen molar-refractivity contribution < 1.29 is 14.7 Å². The molecule has 0 aliphatic carbocycles. The first-order valence-electron chi connectivity index (χ1n) is 4.50. The SMILES string of the molecule is CCn1nc(C(=O)N(C)C)cc1C(=O)O. The number of hydrogen-bond donors (Lipinski definition) is 1. The van der Waals surface area contributed by atoms with Gasteiger partial charge >= 0.3 is 5.97 Å². The number of aryl methyl sites for hydroxylation is 1. The number of carboxylic acids is 1. The summed E-state index contributed by atoms with van der Waals surface area (Å²) in [6, 6.07) is 1.29. The fourth-order valence-corrected chi connectivity index (χ4v) is 1.16. The van der Waals surface area contributed by atoms with Gasteiger partial charge in [-0.2, -0.15) is 5.10 Å². The van der Waals surface area contributed by atoms with Crippen molar-refractivity contribution in [1.29, 1.82) is 0 Å². The van der Waals surface area contributed by atoms with Crippen molar-refractivity contribution in [2.45, 2.75) is 13.5 Å². The van der Waals surface area contributed by atoms with Crippen LogP contribution < -0.4 is 0 Å². The Hall–Kier alpha value is -1.85. The van der Waals surface area contributed by atoms with Gasteiger partial charge in [-0.05, 0) is 6.92 Å². The Kier molecular flexibility index (Phi) is 3.08. The van der Waals surface area contributed by atoms with Gasteiger partial charge in [-0.3, -0.25) is 9.48 Å². The molecule has 0 fully saturated rings. The van der Waals surface area contributed by atoms with E-state index in [-0.39, 0.29) is 17.3 Å². The Morgan fingerprint density at radius 2 is 2.13 bits per heavy atom. The minimum absolute atomic E-state index is 0.0303. The Labute approximate surface area is 87.1 Å². The van der Waals surface area contributed by atoms with Crippen LogP contribution in [0.5, 0.6) is 0 Å². The number of aromatic carboxylic acids is 1. The molecule has 0 radical (unpaired) electrons. The lowest BCUT2D eigenvalue weighted by Crippen LogP contribution is -2.22. The number of amides is 1. The summed E-state index contributed by atoms with van der Waals surface area (Å²) in [4.78, 5) is 23.7. The standard InChI is InChI=1S/C9H13N3O3/c1-4-12-7(9(14)15)5-6(10-12)8(13)11(2)3/h5H,4H2,1-3H3,(H,14,15). The molecule has 0 aliphatic heterocycles. The number of hydrogen-bond acceptors (Lipinski definition) is 3. The second-order valence-corrected chi connectivity index (χ2v) is 3.24. The fraction of sp³-hybridized carbons (Fsp3) is 0.444. The van der Waals surface area contributed by atoms with Crippen LogP contribution in [0.3, 0.4) is 0 Å². The minimum Gasteiger partial charge on any atom is -0.477 e. The zero-order chi connectivity index (χ0) is 11.6. The Balaban J connectivity index is 3.13. The summed E-state index contributed by atoms with van der Waals surface area (Å²) in [6.45, 7) is 2.19. The lowest BCUT2D eigenvalue weighted by atomic mass is 10.3. The van der Waals surface area contributed by atoms with Crippen LogP contribution in [0.4, 0.5) is 0 Å². The van der Waals surface area contributed by atoms with Crippen molar-refractivity contribution >= 4 is 11.9 Å². The third kappa shape index (κ3) is 2.15. The number of carbonyl (C=O) groups is 2. The number of rotatable bonds is 3. The van der Waals surface area contributed by atoms with Crippen LogP contribution in [0.1, 0.15) is 27.9 Å². The Morgan fingerprint density at radius 3 is 2.47 bits per heavy atom. The van der Waals surface area contributed by atoms with E-state index in [1.54, 1.807) is 21.0 Å². The highest BCUT2D eigenvalue weighted by Gasteiger charge is 2.18. The maximum atomic E-state index is 11.5. The van der Waals surface area contributed by atoms with E-state index in [9.17, 15) is 9.59 Å². The number of carboxylic acid groups (broad SMARTS) is 1. The molecule has 1 heterocycles. The average Bonchev–Trinajstić information content (AvgIpc) is 2.59. The predicted molar refractivity (Wildman–Crippen MR) is 52.9 cm³/mol. The van der Waals surface area contributed by atoms with Gasteiger partial charge in [0.05, 0.1) is 0 Å². The highest BCUT2D eigenvalue weighted by Crippen LogP contribution is 2.06. The summed E-state index contributed by atoms with van der Waals surface area (Å²) >= 11 is 0. The van der Waals surface area contributed by atoms with E-state index in [4.69, 9.17) is 5.11 Å². The van der Waals surface area contributed by atoms with Gasteiger partial charge in [-0.15, -0.1) is 0 Å². The van der Waals surface area contributed by atoms with Gasteiger partial charge in [0.2, 0.25) is 0 Å². The second kappa shape index (κ2) is 4.12. The molecule has 0 saturated heterocycles. The molecule has 15 heavy (non-hydrogen) atoms. The molecule has 1 aromatic rings. The molecule has 0 atom stereocenters. The lowest BCUT2D eigenvalue weighted by molar-refractivity contribution is 0.0683.